The SMILES string of the molecule is COc1cc(C=O)c(NCC=CCN2CCN(C(=O)OC(C)(C)C)CC2)cc1OC. The lowest BCUT2D eigenvalue weighted by Crippen LogP contribution is -2.49. The number of anilines is 1. The number of aldehydes is 1. The van der Waals surface area contributed by atoms with Crippen LogP contribution in [0.2, 0.25) is 0 Å². The van der Waals surface area contributed by atoms with E-state index in [-0.39, 0.29) is 6.09 Å². The van der Waals surface area contributed by atoms with Gasteiger partial charge in [-0.3, -0.25) is 9.69 Å². The molecule has 0 aliphatic carbocycles. The van der Waals surface area contributed by atoms with Crippen molar-refractivity contribution in [3.63, 3.8) is 0 Å². The highest BCUT2D eigenvalue weighted by Crippen LogP contribution is 2.32. The fraction of sp³-hybridized carbons (Fsp3) is 0.545. The zero-order valence-electron chi connectivity index (χ0n) is 18.6. The standard InChI is InChI=1S/C22H33N3O5/c1-22(2,3)30-21(27)25-12-10-24(11-13-25)9-7-6-8-23-18-15-20(29-5)19(28-4)14-17(18)16-26/h6-7,14-16,23H,8-13H2,1-5H3. The molecule has 0 spiro atoms. The number of nitrogens with one attached hydrogen (secondary N) is 1. The molecule has 166 valence electrons. The Morgan fingerprint density at radius 1 is 1.07 bits per heavy atom. The summed E-state index contributed by atoms with van der Waals surface area (Å²) in [6.45, 7) is 9.94. The molecule has 1 fully saturated rings. The summed E-state index contributed by atoms with van der Waals surface area (Å²) in [6.07, 6.45) is 4.64. The molecule has 0 unspecified atom stereocenters. The molecule has 8 heteroatoms. The second-order valence-electron chi connectivity index (χ2n) is 8.03. The molecule has 0 aromatic heterocycles. The second kappa shape index (κ2) is 10.9. The third-order valence-corrected chi connectivity index (χ3v) is 4.65. The molecule has 1 aromatic rings. The molecule has 1 aliphatic heterocycles. The summed E-state index contributed by atoms with van der Waals surface area (Å²) in [5.74, 6) is 1.09. The number of hydrogen-bond acceptors (Lipinski definition) is 7. The van der Waals surface area contributed by atoms with Crippen molar-refractivity contribution >= 4 is 18.1 Å². The normalized spacial score (nSPS) is 15.2. The average Bonchev–Trinajstić information content (AvgIpc) is 2.72. The van der Waals surface area contributed by atoms with Gasteiger partial charge in [0.05, 0.1) is 14.2 Å². The van der Waals surface area contributed by atoms with Crippen LogP contribution in [0.3, 0.4) is 0 Å². The molecule has 0 radical (unpaired) electrons. The molecule has 2 rings (SSSR count). The van der Waals surface area contributed by atoms with Gasteiger partial charge in [-0.25, -0.2) is 4.79 Å². The fourth-order valence-electron chi connectivity index (χ4n) is 3.06. The van der Waals surface area contributed by atoms with Crippen molar-refractivity contribution in [2.24, 2.45) is 0 Å². The van der Waals surface area contributed by atoms with E-state index in [9.17, 15) is 9.59 Å². The summed E-state index contributed by atoms with van der Waals surface area (Å²) < 4.78 is 15.9. The molecule has 1 N–H and O–H groups in total. The second-order valence-corrected chi connectivity index (χ2v) is 8.03. The topological polar surface area (TPSA) is 80.3 Å². The minimum atomic E-state index is -0.471. The highest BCUT2D eigenvalue weighted by Gasteiger charge is 2.25. The monoisotopic (exact) mass is 419 g/mol. The van der Waals surface area contributed by atoms with Crippen LogP contribution >= 0.6 is 0 Å². The Kier molecular flexibility index (Phi) is 8.53. The van der Waals surface area contributed by atoms with Crippen molar-refractivity contribution in [3.05, 3.63) is 29.8 Å². The Bertz CT molecular complexity index is 750. The summed E-state index contributed by atoms with van der Waals surface area (Å²) >= 11 is 0. The first kappa shape index (κ1) is 23.5. The molecule has 1 amide bonds. The Hall–Kier alpha value is -2.74. The maximum atomic E-state index is 12.1. The minimum Gasteiger partial charge on any atom is -0.493 e. The van der Waals surface area contributed by atoms with Crippen molar-refractivity contribution in [1.29, 1.82) is 0 Å². The zero-order chi connectivity index (χ0) is 22.1. The molecule has 0 saturated carbocycles. The molecule has 1 heterocycles. The highest BCUT2D eigenvalue weighted by molar-refractivity contribution is 5.86. The van der Waals surface area contributed by atoms with Crippen LogP contribution < -0.4 is 14.8 Å². The van der Waals surface area contributed by atoms with Gasteiger partial charge in [0.1, 0.15) is 5.60 Å². The van der Waals surface area contributed by atoms with Gasteiger partial charge in [0.25, 0.3) is 0 Å². The Morgan fingerprint density at radius 2 is 1.70 bits per heavy atom. The van der Waals surface area contributed by atoms with Crippen LogP contribution in [-0.2, 0) is 4.74 Å². The predicted molar refractivity (Wildman–Crippen MR) is 117 cm³/mol. The van der Waals surface area contributed by atoms with E-state index in [4.69, 9.17) is 14.2 Å². The molecule has 1 aromatic carbocycles. The van der Waals surface area contributed by atoms with Crippen molar-refractivity contribution in [1.82, 2.24) is 9.80 Å². The highest BCUT2D eigenvalue weighted by atomic mass is 16.6. The molecule has 1 aliphatic rings. The van der Waals surface area contributed by atoms with Crippen LogP contribution in [0.4, 0.5) is 10.5 Å². The fourth-order valence-corrected chi connectivity index (χ4v) is 3.06. The average molecular weight is 420 g/mol. The number of benzene rings is 1. The lowest BCUT2D eigenvalue weighted by Gasteiger charge is -2.35. The van der Waals surface area contributed by atoms with Gasteiger partial charge < -0.3 is 24.4 Å². The number of rotatable bonds is 8. The van der Waals surface area contributed by atoms with E-state index in [0.717, 1.165) is 25.9 Å². The van der Waals surface area contributed by atoms with Crippen molar-refractivity contribution in [3.8, 4) is 11.5 Å². The smallest absolute Gasteiger partial charge is 0.410 e. The van der Waals surface area contributed by atoms with E-state index in [1.165, 1.54) is 7.11 Å². The van der Waals surface area contributed by atoms with Gasteiger partial charge in [0.2, 0.25) is 0 Å². The molecular formula is C22H33N3O5. The van der Waals surface area contributed by atoms with Crippen LogP contribution in [0.5, 0.6) is 11.5 Å². The number of ether oxygens (including phenoxy) is 3. The van der Waals surface area contributed by atoms with Gasteiger partial charge in [-0.1, -0.05) is 12.2 Å². The van der Waals surface area contributed by atoms with Gasteiger partial charge >= 0.3 is 6.09 Å². The first-order chi connectivity index (χ1) is 14.3. The van der Waals surface area contributed by atoms with E-state index < -0.39 is 5.60 Å². The van der Waals surface area contributed by atoms with Gasteiger partial charge in [-0.2, -0.15) is 0 Å². The van der Waals surface area contributed by atoms with Crippen LogP contribution in [0.25, 0.3) is 0 Å². The quantitative estimate of drug-likeness (QED) is 0.512. The third kappa shape index (κ3) is 6.95. The molecule has 0 atom stereocenters. The minimum absolute atomic E-state index is 0.247. The molecular weight excluding hydrogens is 386 g/mol. The number of piperazine rings is 1. The van der Waals surface area contributed by atoms with Crippen molar-refractivity contribution in [2.45, 2.75) is 26.4 Å². The van der Waals surface area contributed by atoms with Gasteiger partial charge in [-0.15, -0.1) is 0 Å². The first-order valence-electron chi connectivity index (χ1n) is 10.1. The zero-order valence-corrected chi connectivity index (χ0v) is 18.6. The van der Waals surface area contributed by atoms with Gasteiger partial charge in [0.15, 0.2) is 17.8 Å². The lowest BCUT2D eigenvalue weighted by molar-refractivity contribution is 0.0154. The number of carbonyl (C=O) groups excluding carboxylic acids is 2. The van der Waals surface area contributed by atoms with Crippen LogP contribution in [0.15, 0.2) is 24.3 Å². The number of nitrogens with zero attached hydrogens (tertiary/aromatic N) is 2. The van der Waals surface area contributed by atoms with E-state index >= 15 is 0 Å². The summed E-state index contributed by atoms with van der Waals surface area (Å²) in [7, 11) is 3.10. The van der Waals surface area contributed by atoms with Gasteiger partial charge in [-0.05, 0) is 26.8 Å². The summed E-state index contributed by atoms with van der Waals surface area (Å²) in [6, 6.07) is 3.41. The number of carbonyl (C=O) groups is 2. The van der Waals surface area contributed by atoms with E-state index in [1.807, 2.05) is 26.8 Å². The Morgan fingerprint density at radius 3 is 2.27 bits per heavy atom. The summed E-state index contributed by atoms with van der Waals surface area (Å²) in [5, 5.41) is 3.23. The van der Waals surface area contributed by atoms with Crippen LogP contribution in [0.1, 0.15) is 31.1 Å². The largest absolute Gasteiger partial charge is 0.493 e. The van der Waals surface area contributed by atoms with Crippen LogP contribution in [-0.4, -0.2) is 81.3 Å². The predicted octanol–water partition coefficient (Wildman–Crippen LogP) is 3.04. The van der Waals surface area contributed by atoms with E-state index in [2.05, 4.69) is 16.3 Å². The summed E-state index contributed by atoms with van der Waals surface area (Å²) in [5.41, 5.74) is 0.735. The molecule has 8 nitrogen and oxygen atoms in total. The van der Waals surface area contributed by atoms with E-state index in [1.54, 1.807) is 24.1 Å². The Balaban J connectivity index is 1.78. The maximum absolute atomic E-state index is 12.1. The molecule has 30 heavy (non-hydrogen) atoms. The van der Waals surface area contributed by atoms with Gasteiger partial charge in [0, 0.05) is 56.6 Å². The summed E-state index contributed by atoms with van der Waals surface area (Å²) in [4.78, 5) is 27.5. The number of methoxy groups -OCH3 is 2. The number of amides is 1. The third-order valence-electron chi connectivity index (χ3n) is 4.65. The maximum Gasteiger partial charge on any atom is 0.410 e. The van der Waals surface area contributed by atoms with Crippen LogP contribution in [0, 0.1) is 0 Å². The van der Waals surface area contributed by atoms with Crippen molar-refractivity contribution < 1.29 is 23.8 Å². The molecule has 0 bridgehead atoms. The Labute approximate surface area is 178 Å². The van der Waals surface area contributed by atoms with Crippen molar-refractivity contribution in [2.75, 3.05) is 58.8 Å². The van der Waals surface area contributed by atoms with E-state index in [0.29, 0.717) is 42.4 Å². The number of hydrogen-bond donors (Lipinski definition) is 1. The first-order valence-corrected chi connectivity index (χ1v) is 10.1. The lowest BCUT2D eigenvalue weighted by atomic mass is 10.1. The molecule has 1 saturated heterocycles.